The lowest BCUT2D eigenvalue weighted by molar-refractivity contribution is 0.0634. The number of benzene rings is 1. The number of hydrogen-bond acceptors (Lipinski definition) is 5. The highest BCUT2D eigenvalue weighted by molar-refractivity contribution is 5.59. The number of aromatic nitrogens is 2. The first kappa shape index (κ1) is 21.2. The van der Waals surface area contributed by atoms with E-state index in [1.54, 1.807) is 12.4 Å². The topological polar surface area (TPSA) is 56.3 Å². The Bertz CT molecular complexity index is 683. The van der Waals surface area contributed by atoms with Crippen LogP contribution in [0.1, 0.15) is 48.0 Å². The zero-order valence-electron chi connectivity index (χ0n) is 17.5. The maximum atomic E-state index is 5.78. The van der Waals surface area contributed by atoms with Gasteiger partial charge < -0.3 is 14.8 Å². The van der Waals surface area contributed by atoms with Crippen LogP contribution in [0.15, 0.2) is 36.7 Å². The van der Waals surface area contributed by atoms with Crippen molar-refractivity contribution < 1.29 is 9.47 Å². The summed E-state index contributed by atoms with van der Waals surface area (Å²) in [4.78, 5) is 8.94. The molecule has 1 heterocycles. The van der Waals surface area contributed by atoms with Crippen LogP contribution in [-0.2, 0) is 4.74 Å². The number of rotatable bonds is 8. The van der Waals surface area contributed by atoms with Gasteiger partial charge >= 0.3 is 0 Å². The van der Waals surface area contributed by atoms with Gasteiger partial charge in [-0.15, -0.1) is 0 Å². The second kappa shape index (κ2) is 9.18. The van der Waals surface area contributed by atoms with Crippen molar-refractivity contribution in [3.05, 3.63) is 36.7 Å². The van der Waals surface area contributed by atoms with Gasteiger partial charge in [-0.25, -0.2) is 4.98 Å². The molecule has 2 rings (SSSR count). The van der Waals surface area contributed by atoms with Gasteiger partial charge in [0.25, 0.3) is 0 Å². The molecule has 0 amide bonds. The Hall–Kier alpha value is -2.14. The fraction of sp³-hybridized carbons (Fsp3) is 0.545. The second-order valence-electron chi connectivity index (χ2n) is 9.00. The predicted octanol–water partition coefficient (Wildman–Crippen LogP) is 5.19. The normalized spacial score (nSPS) is 12.1. The van der Waals surface area contributed by atoms with E-state index in [4.69, 9.17) is 9.47 Å². The quantitative estimate of drug-likeness (QED) is 0.648. The first-order chi connectivity index (χ1) is 12.6. The van der Waals surface area contributed by atoms with Crippen LogP contribution in [0.25, 0.3) is 11.3 Å². The number of nitrogens with one attached hydrogen (secondary N) is 1. The van der Waals surface area contributed by atoms with Crippen LogP contribution in [0.3, 0.4) is 0 Å². The van der Waals surface area contributed by atoms with Gasteiger partial charge in [0, 0.05) is 24.1 Å². The van der Waals surface area contributed by atoms with Crippen LogP contribution in [0.5, 0.6) is 5.75 Å². The van der Waals surface area contributed by atoms with Gasteiger partial charge in [-0.2, -0.15) is 0 Å². The Morgan fingerprint density at radius 3 is 2.15 bits per heavy atom. The molecule has 27 heavy (non-hydrogen) atoms. The summed E-state index contributed by atoms with van der Waals surface area (Å²) in [6.07, 6.45) is 4.44. The Labute approximate surface area is 163 Å². The summed E-state index contributed by atoms with van der Waals surface area (Å²) < 4.78 is 11.4. The number of anilines is 1. The van der Waals surface area contributed by atoms with Crippen molar-refractivity contribution in [3.63, 3.8) is 0 Å². The fourth-order valence-corrected chi connectivity index (χ4v) is 2.38. The third kappa shape index (κ3) is 8.39. The minimum atomic E-state index is -0.0348. The number of nitrogens with zero attached hydrogens (tertiary/aromatic N) is 2. The molecule has 0 atom stereocenters. The molecule has 0 unspecified atom stereocenters. The second-order valence-corrected chi connectivity index (χ2v) is 9.00. The first-order valence-corrected chi connectivity index (χ1v) is 9.54. The van der Waals surface area contributed by atoms with Gasteiger partial charge in [0.2, 0.25) is 0 Å². The number of ether oxygens (including phenoxy) is 2. The van der Waals surface area contributed by atoms with E-state index in [9.17, 15) is 0 Å². The zero-order chi connectivity index (χ0) is 19.9. The summed E-state index contributed by atoms with van der Waals surface area (Å²) in [5.74, 6) is 1.63. The van der Waals surface area contributed by atoms with E-state index in [0.717, 1.165) is 42.5 Å². The molecule has 0 saturated carbocycles. The number of hydrogen-bond donors (Lipinski definition) is 1. The van der Waals surface area contributed by atoms with Gasteiger partial charge in [-0.1, -0.05) is 20.8 Å². The Morgan fingerprint density at radius 2 is 1.59 bits per heavy atom. The van der Waals surface area contributed by atoms with Crippen LogP contribution >= 0.6 is 0 Å². The smallest absolute Gasteiger partial charge is 0.144 e. The van der Waals surface area contributed by atoms with E-state index < -0.39 is 0 Å². The molecule has 148 valence electrons. The van der Waals surface area contributed by atoms with Crippen molar-refractivity contribution in [3.8, 4) is 17.0 Å². The summed E-state index contributed by atoms with van der Waals surface area (Å²) >= 11 is 0. The molecule has 5 nitrogen and oxygen atoms in total. The maximum absolute atomic E-state index is 5.78. The van der Waals surface area contributed by atoms with E-state index in [1.807, 2.05) is 24.3 Å². The van der Waals surface area contributed by atoms with Crippen LogP contribution in [0.4, 0.5) is 5.82 Å². The third-order valence-electron chi connectivity index (χ3n) is 3.54. The average Bonchev–Trinajstić information content (AvgIpc) is 2.57. The summed E-state index contributed by atoms with van der Waals surface area (Å²) in [6, 6.07) is 7.95. The van der Waals surface area contributed by atoms with Crippen LogP contribution in [0.2, 0.25) is 0 Å². The molecule has 2 aromatic rings. The van der Waals surface area contributed by atoms with E-state index >= 15 is 0 Å². The summed E-state index contributed by atoms with van der Waals surface area (Å²) in [5, 5.41) is 3.31. The Balaban J connectivity index is 1.79. The van der Waals surface area contributed by atoms with E-state index in [1.165, 1.54) is 0 Å². The summed E-state index contributed by atoms with van der Waals surface area (Å²) in [5.41, 5.74) is 2.04. The molecule has 5 heteroatoms. The fourth-order valence-electron chi connectivity index (χ4n) is 2.38. The molecule has 0 spiro atoms. The van der Waals surface area contributed by atoms with Crippen molar-refractivity contribution in [2.24, 2.45) is 5.41 Å². The summed E-state index contributed by atoms with van der Waals surface area (Å²) in [6.45, 7) is 14.9. The molecule has 0 bridgehead atoms. The van der Waals surface area contributed by atoms with Gasteiger partial charge in [-0.3, -0.25) is 4.98 Å². The predicted molar refractivity (Wildman–Crippen MR) is 111 cm³/mol. The molecule has 1 aromatic carbocycles. The minimum Gasteiger partial charge on any atom is -0.494 e. The molecular formula is C22H33N3O2. The van der Waals surface area contributed by atoms with Crippen LogP contribution in [-0.4, -0.2) is 35.3 Å². The molecule has 0 aliphatic carbocycles. The van der Waals surface area contributed by atoms with E-state index in [0.29, 0.717) is 6.61 Å². The van der Waals surface area contributed by atoms with Gasteiger partial charge in [0.05, 0.1) is 31.3 Å². The summed E-state index contributed by atoms with van der Waals surface area (Å²) in [7, 11) is 0. The maximum Gasteiger partial charge on any atom is 0.144 e. The van der Waals surface area contributed by atoms with Crippen LogP contribution in [0, 0.1) is 5.41 Å². The molecule has 1 aromatic heterocycles. The molecule has 1 N–H and O–H groups in total. The van der Waals surface area contributed by atoms with E-state index in [-0.39, 0.29) is 11.0 Å². The minimum absolute atomic E-state index is 0.0348. The van der Waals surface area contributed by atoms with Gasteiger partial charge in [0.15, 0.2) is 0 Å². The van der Waals surface area contributed by atoms with Gasteiger partial charge in [-0.05, 0) is 50.5 Å². The Morgan fingerprint density at radius 1 is 0.889 bits per heavy atom. The first-order valence-electron chi connectivity index (χ1n) is 9.54. The molecular weight excluding hydrogens is 338 g/mol. The Kier molecular flexibility index (Phi) is 7.19. The largest absolute Gasteiger partial charge is 0.494 e. The van der Waals surface area contributed by atoms with Crippen molar-refractivity contribution in [2.45, 2.75) is 53.5 Å². The molecule has 0 aliphatic rings. The van der Waals surface area contributed by atoms with Crippen molar-refractivity contribution in [1.29, 1.82) is 0 Å². The standard InChI is InChI=1S/C22H33N3O2/c1-21(2,3)16-26-12-7-13-27-18-10-8-17(9-11-18)19-14-24-20(15-23-19)25-22(4,5)6/h8-11,14-15H,7,12-13,16H2,1-6H3,(H,24,25). The molecule has 0 saturated heterocycles. The highest BCUT2D eigenvalue weighted by atomic mass is 16.5. The zero-order valence-corrected chi connectivity index (χ0v) is 17.5. The third-order valence-corrected chi connectivity index (χ3v) is 3.54. The molecule has 0 radical (unpaired) electrons. The lowest BCUT2D eigenvalue weighted by Crippen LogP contribution is -2.26. The van der Waals surface area contributed by atoms with Crippen molar-refractivity contribution >= 4 is 5.82 Å². The average molecular weight is 372 g/mol. The van der Waals surface area contributed by atoms with Crippen LogP contribution < -0.4 is 10.1 Å². The lowest BCUT2D eigenvalue weighted by atomic mass is 9.99. The van der Waals surface area contributed by atoms with Gasteiger partial charge in [0.1, 0.15) is 11.6 Å². The highest BCUT2D eigenvalue weighted by Gasteiger charge is 2.11. The lowest BCUT2D eigenvalue weighted by Gasteiger charge is -2.20. The SMILES string of the molecule is CC(C)(C)COCCCOc1ccc(-c2cnc(NC(C)(C)C)cn2)cc1. The van der Waals surface area contributed by atoms with Crippen molar-refractivity contribution in [2.75, 3.05) is 25.1 Å². The molecule has 0 fully saturated rings. The highest BCUT2D eigenvalue weighted by Crippen LogP contribution is 2.21. The molecule has 0 aliphatic heterocycles. The van der Waals surface area contributed by atoms with Crippen molar-refractivity contribution in [1.82, 2.24) is 9.97 Å². The monoisotopic (exact) mass is 371 g/mol. The van der Waals surface area contributed by atoms with E-state index in [2.05, 4.69) is 56.8 Å².